The Kier molecular flexibility index (Phi) is 4.72. The van der Waals surface area contributed by atoms with Gasteiger partial charge in [-0.2, -0.15) is 5.21 Å². The van der Waals surface area contributed by atoms with Crippen LogP contribution in [0.25, 0.3) is 11.4 Å². The van der Waals surface area contributed by atoms with E-state index in [0.717, 1.165) is 23.2 Å². The SMILES string of the molecule is Cc1ncsc1CCC(=O)NCc1cccc(-c2nn[nH]n2)c1. The Labute approximate surface area is 137 Å². The van der Waals surface area contributed by atoms with Crippen molar-refractivity contribution in [3.8, 4) is 11.4 Å². The van der Waals surface area contributed by atoms with Gasteiger partial charge in [0.1, 0.15) is 0 Å². The largest absolute Gasteiger partial charge is 0.352 e. The molecule has 0 saturated heterocycles. The predicted molar refractivity (Wildman–Crippen MR) is 86.6 cm³/mol. The van der Waals surface area contributed by atoms with E-state index in [1.165, 1.54) is 4.88 Å². The summed E-state index contributed by atoms with van der Waals surface area (Å²) >= 11 is 1.59. The number of carbonyl (C=O) groups is 1. The number of H-pyrrole nitrogens is 1. The van der Waals surface area contributed by atoms with Crippen molar-refractivity contribution in [2.45, 2.75) is 26.3 Å². The van der Waals surface area contributed by atoms with E-state index in [9.17, 15) is 4.79 Å². The van der Waals surface area contributed by atoms with Crippen molar-refractivity contribution in [3.63, 3.8) is 0 Å². The fourth-order valence-electron chi connectivity index (χ4n) is 2.19. The second kappa shape index (κ2) is 7.10. The van der Waals surface area contributed by atoms with E-state index in [0.29, 0.717) is 18.8 Å². The number of nitrogens with zero attached hydrogens (tertiary/aromatic N) is 4. The number of rotatable bonds is 6. The van der Waals surface area contributed by atoms with Gasteiger partial charge < -0.3 is 5.32 Å². The molecule has 1 aromatic carbocycles. The normalized spacial score (nSPS) is 10.7. The molecule has 0 fully saturated rings. The molecule has 0 spiro atoms. The lowest BCUT2D eigenvalue weighted by molar-refractivity contribution is -0.121. The van der Waals surface area contributed by atoms with Crippen molar-refractivity contribution in [1.82, 2.24) is 30.9 Å². The molecule has 3 rings (SSSR count). The minimum atomic E-state index is 0.0303. The first-order chi connectivity index (χ1) is 11.2. The number of aromatic nitrogens is 5. The van der Waals surface area contributed by atoms with E-state index in [2.05, 4.69) is 30.9 Å². The molecule has 0 radical (unpaired) electrons. The number of tetrazole rings is 1. The summed E-state index contributed by atoms with van der Waals surface area (Å²) in [4.78, 5) is 17.3. The summed E-state index contributed by atoms with van der Waals surface area (Å²) in [5.41, 5.74) is 4.68. The number of hydrogen-bond acceptors (Lipinski definition) is 6. The monoisotopic (exact) mass is 328 g/mol. The van der Waals surface area contributed by atoms with Crippen LogP contribution in [-0.2, 0) is 17.8 Å². The molecule has 2 N–H and O–H groups in total. The number of aromatic amines is 1. The van der Waals surface area contributed by atoms with Crippen LogP contribution in [0.1, 0.15) is 22.6 Å². The molecule has 0 aliphatic carbocycles. The summed E-state index contributed by atoms with van der Waals surface area (Å²) in [5, 5.41) is 16.8. The molecule has 1 amide bonds. The van der Waals surface area contributed by atoms with Gasteiger partial charge in [-0.25, -0.2) is 4.98 Å². The Balaban J connectivity index is 1.53. The van der Waals surface area contributed by atoms with Crippen molar-refractivity contribution >= 4 is 17.2 Å². The zero-order chi connectivity index (χ0) is 16.1. The van der Waals surface area contributed by atoms with Crippen LogP contribution in [0.2, 0.25) is 0 Å². The Morgan fingerprint density at radius 2 is 2.30 bits per heavy atom. The number of thiazole rings is 1. The van der Waals surface area contributed by atoms with Gasteiger partial charge >= 0.3 is 0 Å². The summed E-state index contributed by atoms with van der Waals surface area (Å²) in [5.74, 6) is 0.571. The maximum absolute atomic E-state index is 12.0. The number of hydrogen-bond donors (Lipinski definition) is 2. The highest BCUT2D eigenvalue weighted by Gasteiger charge is 2.07. The highest BCUT2D eigenvalue weighted by atomic mass is 32.1. The first-order valence-electron chi connectivity index (χ1n) is 7.21. The van der Waals surface area contributed by atoms with Crippen molar-refractivity contribution in [1.29, 1.82) is 0 Å². The quantitative estimate of drug-likeness (QED) is 0.720. The van der Waals surface area contributed by atoms with E-state index in [1.54, 1.807) is 11.3 Å². The average molecular weight is 328 g/mol. The molecule has 2 heterocycles. The Bertz CT molecular complexity index is 783. The molecule has 2 aromatic heterocycles. The first kappa shape index (κ1) is 15.3. The van der Waals surface area contributed by atoms with Crippen molar-refractivity contribution in [2.75, 3.05) is 0 Å². The first-order valence-corrected chi connectivity index (χ1v) is 8.09. The van der Waals surface area contributed by atoms with Crippen LogP contribution in [0.5, 0.6) is 0 Å². The van der Waals surface area contributed by atoms with Crippen LogP contribution < -0.4 is 5.32 Å². The number of benzene rings is 1. The smallest absolute Gasteiger partial charge is 0.220 e. The Morgan fingerprint density at radius 3 is 3.04 bits per heavy atom. The fourth-order valence-corrected chi connectivity index (χ4v) is 2.97. The second-order valence-electron chi connectivity index (χ2n) is 5.07. The number of nitrogens with one attached hydrogen (secondary N) is 2. The zero-order valence-corrected chi connectivity index (χ0v) is 13.4. The number of aryl methyl sites for hydroxylation is 2. The lowest BCUT2D eigenvalue weighted by Gasteiger charge is -2.06. The standard InChI is InChI=1S/C15H16N6OS/c1-10-13(23-9-17-10)5-6-14(22)16-8-11-3-2-4-12(7-11)15-18-20-21-19-15/h2-4,7,9H,5-6,8H2,1H3,(H,16,22)(H,18,19,20,21). The maximum atomic E-state index is 12.0. The van der Waals surface area contributed by atoms with Gasteiger partial charge in [-0.05, 0) is 30.2 Å². The molecular weight excluding hydrogens is 312 g/mol. The zero-order valence-electron chi connectivity index (χ0n) is 12.6. The Hall–Kier alpha value is -2.61. The third-order valence-electron chi connectivity index (χ3n) is 3.44. The summed E-state index contributed by atoms with van der Waals surface area (Å²) in [6.45, 7) is 2.44. The minimum absolute atomic E-state index is 0.0303. The molecule has 0 unspecified atom stereocenters. The number of carbonyl (C=O) groups excluding carboxylic acids is 1. The fraction of sp³-hybridized carbons (Fsp3) is 0.267. The summed E-state index contributed by atoms with van der Waals surface area (Å²) in [6, 6.07) is 7.71. The van der Waals surface area contributed by atoms with Gasteiger partial charge in [-0.3, -0.25) is 4.79 Å². The van der Waals surface area contributed by atoms with E-state index in [-0.39, 0.29) is 5.91 Å². The van der Waals surface area contributed by atoms with Crippen molar-refractivity contribution in [2.24, 2.45) is 0 Å². The average Bonchev–Trinajstić information content (AvgIpc) is 3.23. The van der Waals surface area contributed by atoms with Crippen LogP contribution in [0.4, 0.5) is 0 Å². The minimum Gasteiger partial charge on any atom is -0.352 e. The molecular formula is C15H16N6OS. The van der Waals surface area contributed by atoms with Gasteiger partial charge in [0.2, 0.25) is 11.7 Å². The molecule has 0 aliphatic heterocycles. The lowest BCUT2D eigenvalue weighted by Crippen LogP contribution is -2.23. The summed E-state index contributed by atoms with van der Waals surface area (Å²) in [7, 11) is 0. The number of amides is 1. The third-order valence-corrected chi connectivity index (χ3v) is 4.44. The summed E-state index contributed by atoms with van der Waals surface area (Å²) < 4.78 is 0. The van der Waals surface area contributed by atoms with Crippen LogP contribution in [0.3, 0.4) is 0 Å². The molecule has 23 heavy (non-hydrogen) atoms. The van der Waals surface area contributed by atoms with Crippen molar-refractivity contribution in [3.05, 3.63) is 45.9 Å². The maximum Gasteiger partial charge on any atom is 0.220 e. The molecule has 0 saturated carbocycles. The van der Waals surface area contributed by atoms with Crippen LogP contribution in [0, 0.1) is 6.92 Å². The molecule has 118 valence electrons. The predicted octanol–water partition coefficient (Wildman–Crippen LogP) is 1.88. The Morgan fingerprint density at radius 1 is 1.39 bits per heavy atom. The van der Waals surface area contributed by atoms with Crippen LogP contribution in [-0.4, -0.2) is 31.5 Å². The molecule has 0 aliphatic rings. The van der Waals surface area contributed by atoms with E-state index in [4.69, 9.17) is 0 Å². The van der Waals surface area contributed by atoms with Gasteiger partial charge in [0, 0.05) is 23.4 Å². The van der Waals surface area contributed by atoms with Crippen LogP contribution in [0.15, 0.2) is 29.8 Å². The molecule has 0 bridgehead atoms. The topological polar surface area (TPSA) is 96.5 Å². The highest BCUT2D eigenvalue weighted by molar-refractivity contribution is 7.09. The van der Waals surface area contributed by atoms with Gasteiger partial charge in [0.15, 0.2) is 0 Å². The van der Waals surface area contributed by atoms with E-state index >= 15 is 0 Å². The lowest BCUT2D eigenvalue weighted by atomic mass is 10.1. The third kappa shape index (κ3) is 3.98. The van der Waals surface area contributed by atoms with E-state index in [1.807, 2.05) is 36.7 Å². The van der Waals surface area contributed by atoms with Gasteiger partial charge in [-0.1, -0.05) is 18.2 Å². The van der Waals surface area contributed by atoms with Gasteiger partial charge in [0.05, 0.1) is 11.2 Å². The van der Waals surface area contributed by atoms with Crippen molar-refractivity contribution < 1.29 is 4.79 Å². The molecule has 3 aromatic rings. The highest BCUT2D eigenvalue weighted by Crippen LogP contribution is 2.16. The van der Waals surface area contributed by atoms with Gasteiger partial charge in [-0.15, -0.1) is 21.5 Å². The van der Waals surface area contributed by atoms with Crippen LogP contribution >= 0.6 is 11.3 Å². The second-order valence-corrected chi connectivity index (χ2v) is 6.01. The summed E-state index contributed by atoms with van der Waals surface area (Å²) in [6.07, 6.45) is 1.19. The molecule has 7 nitrogen and oxygen atoms in total. The van der Waals surface area contributed by atoms with E-state index < -0.39 is 0 Å². The molecule has 8 heteroatoms. The molecule has 0 atom stereocenters. The van der Waals surface area contributed by atoms with Gasteiger partial charge in [0.25, 0.3) is 0 Å².